The molecule has 0 heterocycles. The molecular weight excluding hydrogens is 160 g/mol. The van der Waals surface area contributed by atoms with Gasteiger partial charge in [0.1, 0.15) is 0 Å². The molecule has 0 saturated carbocycles. The third-order valence-electron chi connectivity index (χ3n) is 1.98. The Bertz CT molecular complexity index is 319. The highest BCUT2D eigenvalue weighted by atomic mass is 16.3. The van der Waals surface area contributed by atoms with Crippen molar-refractivity contribution in [3.63, 3.8) is 0 Å². The van der Waals surface area contributed by atoms with E-state index in [0.717, 1.165) is 22.3 Å². The van der Waals surface area contributed by atoms with Crippen LogP contribution in [-0.4, -0.2) is 11.7 Å². The first-order valence-electron chi connectivity index (χ1n) is 4.20. The van der Waals surface area contributed by atoms with Crippen molar-refractivity contribution in [2.45, 2.75) is 6.92 Å². The van der Waals surface area contributed by atoms with Crippen LogP contribution in [0.3, 0.4) is 0 Å². The van der Waals surface area contributed by atoms with Crippen LogP contribution in [0.25, 0.3) is 11.1 Å². The Morgan fingerprint density at radius 3 is 2.00 bits per heavy atom. The summed E-state index contributed by atoms with van der Waals surface area (Å²) in [6.45, 7) is 9.57. The molecule has 0 radical (unpaired) electrons. The quantitative estimate of drug-likeness (QED) is 0.747. The lowest BCUT2D eigenvalue weighted by molar-refractivity contribution is 0.350. The third kappa shape index (κ3) is 2.30. The maximum Gasteiger partial charge on any atom is 0.0681 e. The normalized spacial score (nSPS) is 9.69. The summed E-state index contributed by atoms with van der Waals surface area (Å²) >= 11 is 0. The molecule has 0 aliphatic carbocycles. The largest absolute Gasteiger partial charge is 0.392 e. The van der Waals surface area contributed by atoms with Gasteiger partial charge in [-0.15, -0.1) is 0 Å². The minimum atomic E-state index is 0.00637. The molecule has 0 aliphatic rings. The van der Waals surface area contributed by atoms with Crippen LogP contribution in [0.2, 0.25) is 0 Å². The molecule has 0 fully saturated rings. The summed E-state index contributed by atoms with van der Waals surface area (Å²) in [5, 5.41) is 8.85. The van der Waals surface area contributed by atoms with E-state index in [1.54, 1.807) is 0 Å². The lowest BCUT2D eigenvalue weighted by Crippen LogP contribution is -1.88. The average molecular weight is 174 g/mol. The Kier molecular flexibility index (Phi) is 3.04. The maximum atomic E-state index is 8.85. The molecular formula is C12H14O. The summed E-state index contributed by atoms with van der Waals surface area (Å²) < 4.78 is 0. The van der Waals surface area contributed by atoms with Gasteiger partial charge in [0.2, 0.25) is 0 Å². The first kappa shape index (κ1) is 9.75. The van der Waals surface area contributed by atoms with Crippen LogP contribution in [0.5, 0.6) is 0 Å². The van der Waals surface area contributed by atoms with E-state index < -0.39 is 0 Å². The molecule has 1 heteroatoms. The highest BCUT2D eigenvalue weighted by Gasteiger charge is 1.97. The fraction of sp³-hybridized carbons (Fsp3) is 0.167. The van der Waals surface area contributed by atoms with Gasteiger partial charge < -0.3 is 5.11 Å². The molecule has 0 atom stereocenters. The zero-order valence-corrected chi connectivity index (χ0v) is 7.88. The van der Waals surface area contributed by atoms with Gasteiger partial charge in [-0.05, 0) is 23.6 Å². The zero-order chi connectivity index (χ0) is 9.84. The van der Waals surface area contributed by atoms with Crippen molar-refractivity contribution in [1.82, 2.24) is 0 Å². The Balaban J connectivity index is 2.93. The van der Waals surface area contributed by atoms with Gasteiger partial charge in [0.05, 0.1) is 6.61 Å². The van der Waals surface area contributed by atoms with Crippen LogP contribution >= 0.6 is 0 Å². The molecule has 0 bridgehead atoms. The number of aliphatic hydroxyl groups is 1. The molecule has 1 aromatic rings. The molecule has 1 rings (SSSR count). The van der Waals surface area contributed by atoms with Crippen molar-refractivity contribution < 1.29 is 5.11 Å². The van der Waals surface area contributed by atoms with Gasteiger partial charge in [0.15, 0.2) is 0 Å². The second-order valence-electron chi connectivity index (χ2n) is 3.12. The number of hydrogen-bond donors (Lipinski definition) is 1. The molecule has 0 aromatic heterocycles. The van der Waals surface area contributed by atoms with E-state index in [-0.39, 0.29) is 6.61 Å². The summed E-state index contributed by atoms with van der Waals surface area (Å²) in [6, 6.07) is 7.86. The van der Waals surface area contributed by atoms with Crippen LogP contribution < -0.4 is 0 Å². The van der Waals surface area contributed by atoms with Crippen molar-refractivity contribution in [2.24, 2.45) is 0 Å². The standard InChI is InChI=1S/C12H14O/c1-9(2)11-4-6-12(7-5-11)10(3)8-13/h4-7,13H,1,3,8H2,2H3. The monoisotopic (exact) mass is 174 g/mol. The number of hydrogen-bond acceptors (Lipinski definition) is 1. The minimum absolute atomic E-state index is 0.00637. The Labute approximate surface area is 79.0 Å². The van der Waals surface area contributed by atoms with Crippen LogP contribution in [-0.2, 0) is 0 Å². The number of benzene rings is 1. The van der Waals surface area contributed by atoms with E-state index in [1.165, 1.54) is 0 Å². The first-order chi connectivity index (χ1) is 6.15. The minimum Gasteiger partial charge on any atom is -0.392 e. The molecule has 1 aromatic carbocycles. The lowest BCUT2D eigenvalue weighted by Gasteiger charge is -2.04. The SMILES string of the molecule is C=C(C)c1ccc(C(=C)CO)cc1. The lowest BCUT2D eigenvalue weighted by atomic mass is 10.0. The van der Waals surface area contributed by atoms with Crippen molar-refractivity contribution in [3.05, 3.63) is 48.6 Å². The maximum absolute atomic E-state index is 8.85. The van der Waals surface area contributed by atoms with Crippen molar-refractivity contribution in [2.75, 3.05) is 6.61 Å². The molecule has 13 heavy (non-hydrogen) atoms. The van der Waals surface area contributed by atoms with E-state index in [2.05, 4.69) is 13.2 Å². The van der Waals surface area contributed by atoms with Gasteiger partial charge in [-0.1, -0.05) is 43.0 Å². The predicted octanol–water partition coefficient (Wildman–Crippen LogP) is 2.73. The first-order valence-corrected chi connectivity index (χ1v) is 4.20. The summed E-state index contributed by atoms with van der Waals surface area (Å²) in [7, 11) is 0. The molecule has 68 valence electrons. The smallest absolute Gasteiger partial charge is 0.0681 e. The van der Waals surface area contributed by atoms with E-state index >= 15 is 0 Å². The Hall–Kier alpha value is -1.34. The second kappa shape index (κ2) is 4.06. The van der Waals surface area contributed by atoms with Gasteiger partial charge in [-0.2, -0.15) is 0 Å². The van der Waals surface area contributed by atoms with Gasteiger partial charge >= 0.3 is 0 Å². The van der Waals surface area contributed by atoms with E-state index in [9.17, 15) is 0 Å². The van der Waals surface area contributed by atoms with Crippen LogP contribution in [0.1, 0.15) is 18.1 Å². The predicted molar refractivity (Wildman–Crippen MR) is 57.3 cm³/mol. The van der Waals surface area contributed by atoms with Crippen molar-refractivity contribution >= 4 is 11.1 Å². The van der Waals surface area contributed by atoms with Crippen molar-refractivity contribution in [3.8, 4) is 0 Å². The van der Waals surface area contributed by atoms with Gasteiger partial charge in [-0.3, -0.25) is 0 Å². The van der Waals surface area contributed by atoms with E-state index in [0.29, 0.717) is 0 Å². The highest BCUT2D eigenvalue weighted by molar-refractivity contribution is 5.68. The van der Waals surface area contributed by atoms with Gasteiger partial charge in [0, 0.05) is 0 Å². The molecule has 1 nitrogen and oxygen atoms in total. The Morgan fingerprint density at radius 2 is 1.62 bits per heavy atom. The number of rotatable bonds is 3. The Morgan fingerprint density at radius 1 is 1.15 bits per heavy atom. The van der Waals surface area contributed by atoms with Gasteiger partial charge in [-0.25, -0.2) is 0 Å². The molecule has 0 saturated heterocycles. The van der Waals surface area contributed by atoms with Crippen LogP contribution in [0.15, 0.2) is 37.4 Å². The van der Waals surface area contributed by atoms with Crippen LogP contribution in [0, 0.1) is 0 Å². The van der Waals surface area contributed by atoms with E-state index in [1.807, 2.05) is 31.2 Å². The molecule has 1 N–H and O–H groups in total. The fourth-order valence-electron chi connectivity index (χ4n) is 1.08. The topological polar surface area (TPSA) is 20.2 Å². The number of aliphatic hydroxyl groups excluding tert-OH is 1. The summed E-state index contributed by atoms with van der Waals surface area (Å²) in [5.74, 6) is 0. The molecule has 0 amide bonds. The molecule has 0 unspecified atom stereocenters. The number of allylic oxidation sites excluding steroid dienone is 1. The van der Waals surface area contributed by atoms with E-state index in [4.69, 9.17) is 5.11 Å². The van der Waals surface area contributed by atoms with Crippen molar-refractivity contribution in [1.29, 1.82) is 0 Å². The summed E-state index contributed by atoms with van der Waals surface area (Å²) in [6.07, 6.45) is 0. The average Bonchev–Trinajstić information content (AvgIpc) is 2.17. The molecule has 0 spiro atoms. The van der Waals surface area contributed by atoms with Crippen LogP contribution in [0.4, 0.5) is 0 Å². The highest BCUT2D eigenvalue weighted by Crippen LogP contribution is 2.16. The van der Waals surface area contributed by atoms with Gasteiger partial charge in [0.25, 0.3) is 0 Å². The fourth-order valence-corrected chi connectivity index (χ4v) is 1.08. The molecule has 0 aliphatic heterocycles. The third-order valence-corrected chi connectivity index (χ3v) is 1.98. The zero-order valence-electron chi connectivity index (χ0n) is 7.88. The summed E-state index contributed by atoms with van der Waals surface area (Å²) in [5.41, 5.74) is 3.89. The summed E-state index contributed by atoms with van der Waals surface area (Å²) in [4.78, 5) is 0. The second-order valence-corrected chi connectivity index (χ2v) is 3.12.